The highest BCUT2D eigenvalue weighted by molar-refractivity contribution is 6.34. The van der Waals surface area contributed by atoms with Gasteiger partial charge in [-0.05, 0) is 55.5 Å². The Balaban J connectivity index is 1.55. The van der Waals surface area contributed by atoms with Crippen molar-refractivity contribution in [3.05, 3.63) is 88.5 Å². The number of aromatic nitrogens is 2. The maximum absolute atomic E-state index is 14.4. The van der Waals surface area contributed by atoms with E-state index in [4.69, 9.17) is 22.1 Å². The highest BCUT2D eigenvalue weighted by Gasteiger charge is 2.47. The zero-order valence-corrected chi connectivity index (χ0v) is 21.6. The van der Waals surface area contributed by atoms with Crippen LogP contribution in [0, 0.1) is 5.82 Å². The Hall–Kier alpha value is -4.25. The second-order valence-corrected chi connectivity index (χ2v) is 10.0. The number of alkyl halides is 3. The molecule has 0 saturated heterocycles. The lowest BCUT2D eigenvalue weighted by Crippen LogP contribution is -2.40. The van der Waals surface area contributed by atoms with Crippen LogP contribution >= 0.6 is 11.6 Å². The zero-order chi connectivity index (χ0) is 28.8. The van der Waals surface area contributed by atoms with Crippen molar-refractivity contribution in [3.8, 4) is 17.0 Å². The van der Waals surface area contributed by atoms with Crippen LogP contribution in [0.4, 0.5) is 17.6 Å². The number of hydrogen-bond acceptors (Lipinski definition) is 5. The van der Waals surface area contributed by atoms with Gasteiger partial charge in [0.15, 0.2) is 0 Å². The Morgan fingerprint density at radius 3 is 2.58 bits per heavy atom. The molecule has 3 N–H and O–H groups in total. The fourth-order valence-corrected chi connectivity index (χ4v) is 4.78. The van der Waals surface area contributed by atoms with E-state index in [0.29, 0.717) is 10.9 Å². The third-order valence-corrected chi connectivity index (χ3v) is 7.22. The summed E-state index contributed by atoms with van der Waals surface area (Å²) in [4.78, 5) is 33.7. The summed E-state index contributed by atoms with van der Waals surface area (Å²) >= 11 is 6.23. The van der Waals surface area contributed by atoms with Crippen molar-refractivity contribution in [1.82, 2.24) is 15.3 Å². The number of nitrogens with zero attached hydrogens (tertiary/aromatic N) is 2. The first kappa shape index (κ1) is 27.3. The summed E-state index contributed by atoms with van der Waals surface area (Å²) in [6.07, 6.45) is -3.31. The van der Waals surface area contributed by atoms with Crippen LogP contribution in [-0.4, -0.2) is 41.1 Å². The summed E-state index contributed by atoms with van der Waals surface area (Å²) in [7, 11) is 0. The summed E-state index contributed by atoms with van der Waals surface area (Å²) in [6, 6.07) is 12.3. The Morgan fingerprint density at radius 2 is 1.90 bits per heavy atom. The van der Waals surface area contributed by atoms with E-state index in [9.17, 15) is 27.2 Å². The van der Waals surface area contributed by atoms with Crippen LogP contribution in [0.25, 0.3) is 22.2 Å². The lowest BCUT2D eigenvalue weighted by atomic mass is 9.82. The number of benzene rings is 2. The second-order valence-electron chi connectivity index (χ2n) is 9.60. The van der Waals surface area contributed by atoms with E-state index in [1.807, 2.05) is 0 Å². The van der Waals surface area contributed by atoms with E-state index < -0.39 is 47.4 Å². The topological polar surface area (TPSA) is 107 Å². The maximum Gasteiger partial charge on any atom is 0.398 e. The number of amides is 2. The fraction of sp³-hybridized carbons (Fsp3) is 0.214. The van der Waals surface area contributed by atoms with Crippen LogP contribution in [-0.2, 0) is 10.2 Å². The molecule has 2 amide bonds. The quantitative estimate of drug-likeness (QED) is 0.305. The van der Waals surface area contributed by atoms with Crippen LogP contribution in [0.5, 0.6) is 5.75 Å². The lowest BCUT2D eigenvalue weighted by molar-refractivity contribution is -0.149. The summed E-state index contributed by atoms with van der Waals surface area (Å²) in [5.41, 5.74) is 4.57. The predicted molar refractivity (Wildman–Crippen MR) is 140 cm³/mol. The third-order valence-electron chi connectivity index (χ3n) is 6.91. The molecule has 2 aromatic carbocycles. The molecule has 2 aromatic heterocycles. The Bertz CT molecular complexity index is 1650. The van der Waals surface area contributed by atoms with Crippen LogP contribution in [0.3, 0.4) is 0 Å². The van der Waals surface area contributed by atoms with Gasteiger partial charge >= 0.3 is 6.18 Å². The van der Waals surface area contributed by atoms with Gasteiger partial charge in [-0.25, -0.2) is 9.37 Å². The van der Waals surface area contributed by atoms with Gasteiger partial charge in [0.2, 0.25) is 5.91 Å². The molecule has 0 bridgehead atoms. The Morgan fingerprint density at radius 1 is 1.18 bits per heavy atom. The van der Waals surface area contributed by atoms with Crippen molar-refractivity contribution < 1.29 is 31.9 Å². The van der Waals surface area contributed by atoms with Gasteiger partial charge in [-0.3, -0.25) is 14.6 Å². The number of ether oxygens (including phenoxy) is 1. The molecule has 0 aliphatic carbocycles. The first-order valence-corrected chi connectivity index (χ1v) is 12.4. The van der Waals surface area contributed by atoms with Crippen LogP contribution in [0.15, 0.2) is 60.8 Å². The van der Waals surface area contributed by atoms with Crippen LogP contribution in [0.2, 0.25) is 5.02 Å². The molecule has 1 aliphatic rings. The molecule has 0 fully saturated rings. The Kier molecular flexibility index (Phi) is 6.87. The largest absolute Gasteiger partial charge is 0.489 e. The normalized spacial score (nSPS) is 17.2. The molecule has 0 spiro atoms. The molecule has 0 unspecified atom stereocenters. The zero-order valence-electron chi connectivity index (χ0n) is 20.9. The molecule has 0 saturated carbocycles. The first-order chi connectivity index (χ1) is 18.9. The SMILES string of the molecule is C[C@]1(C(N)=O)COc2c1cc([C@@H](CNC(=O)c1cc3cccnc3cc1Cl)C(F)(F)F)nc2-c1ccc(F)cc1. The van der Waals surface area contributed by atoms with Crippen LogP contribution < -0.4 is 15.8 Å². The average molecular weight is 573 g/mol. The van der Waals surface area contributed by atoms with Gasteiger partial charge in [0.1, 0.15) is 35.2 Å². The monoisotopic (exact) mass is 572 g/mol. The van der Waals surface area contributed by atoms with Crippen molar-refractivity contribution >= 4 is 34.3 Å². The van der Waals surface area contributed by atoms with Gasteiger partial charge in [-0.2, -0.15) is 13.2 Å². The minimum Gasteiger partial charge on any atom is -0.489 e. The number of carbonyl (C=O) groups excluding carboxylic acids is 2. The van der Waals surface area contributed by atoms with Gasteiger partial charge in [-0.15, -0.1) is 0 Å². The van der Waals surface area contributed by atoms with Crippen molar-refractivity contribution in [2.75, 3.05) is 13.2 Å². The number of pyridine rings is 2. The fourth-order valence-electron chi connectivity index (χ4n) is 4.54. The third kappa shape index (κ3) is 4.92. The average Bonchev–Trinajstić information content (AvgIpc) is 3.25. The number of carbonyl (C=O) groups is 2. The number of nitrogens with two attached hydrogens (primary N) is 1. The number of primary amides is 1. The standard InChI is InChI=1S/C28H21ClF4N4O3/c1-27(26(34)39)13-40-24-18(27)10-22(37-23(24)14-4-6-16(30)7-5-14)19(28(31,32)33)12-36-25(38)17-9-15-3-2-8-35-21(15)11-20(17)29/h2-11,19H,12-13H2,1H3,(H2,34,39)(H,36,38)/t19-,27+/m1/s1. The minimum absolute atomic E-state index is 0.0110. The van der Waals surface area contributed by atoms with E-state index in [0.717, 1.165) is 18.2 Å². The van der Waals surface area contributed by atoms with Gasteiger partial charge in [-0.1, -0.05) is 17.7 Å². The Labute approximate surface area is 230 Å². The number of fused-ring (bicyclic) bond motifs is 2. The van der Waals surface area contributed by atoms with E-state index in [-0.39, 0.29) is 39.8 Å². The number of rotatable bonds is 6. The van der Waals surface area contributed by atoms with Gasteiger partial charge in [0.25, 0.3) is 5.91 Å². The first-order valence-electron chi connectivity index (χ1n) is 12.0. The molecule has 12 heteroatoms. The highest BCUT2D eigenvalue weighted by Crippen LogP contribution is 2.46. The maximum atomic E-state index is 14.4. The predicted octanol–water partition coefficient (Wildman–Crippen LogP) is 5.30. The van der Waals surface area contributed by atoms with Crippen molar-refractivity contribution in [2.45, 2.75) is 24.4 Å². The van der Waals surface area contributed by atoms with Crippen molar-refractivity contribution in [3.63, 3.8) is 0 Å². The van der Waals surface area contributed by atoms with Gasteiger partial charge < -0.3 is 15.8 Å². The van der Waals surface area contributed by atoms with Crippen molar-refractivity contribution in [1.29, 1.82) is 0 Å². The van der Waals surface area contributed by atoms with E-state index in [1.165, 1.54) is 31.2 Å². The lowest BCUT2D eigenvalue weighted by Gasteiger charge is -2.24. The second kappa shape index (κ2) is 10.1. The summed E-state index contributed by atoms with van der Waals surface area (Å²) in [5, 5.41) is 2.92. The number of hydrogen-bond donors (Lipinski definition) is 2. The molecule has 206 valence electrons. The number of nitrogens with one attached hydrogen (secondary N) is 1. The molecular formula is C28H21ClF4N4O3. The van der Waals surface area contributed by atoms with Gasteiger partial charge in [0.05, 0.1) is 21.8 Å². The highest BCUT2D eigenvalue weighted by atomic mass is 35.5. The molecule has 2 atom stereocenters. The minimum atomic E-state index is -4.85. The van der Waals surface area contributed by atoms with E-state index >= 15 is 0 Å². The molecule has 4 aromatic rings. The molecule has 7 nitrogen and oxygen atoms in total. The molecule has 40 heavy (non-hydrogen) atoms. The summed E-state index contributed by atoms with van der Waals surface area (Å²) < 4.78 is 62.6. The smallest absolute Gasteiger partial charge is 0.398 e. The summed E-state index contributed by atoms with van der Waals surface area (Å²) in [6.45, 7) is 0.368. The van der Waals surface area contributed by atoms with Gasteiger partial charge in [0, 0.05) is 29.3 Å². The number of halogens is 5. The van der Waals surface area contributed by atoms with Crippen molar-refractivity contribution in [2.24, 2.45) is 5.73 Å². The molecule has 0 radical (unpaired) electrons. The van der Waals surface area contributed by atoms with Crippen LogP contribution in [0.1, 0.15) is 34.5 Å². The summed E-state index contributed by atoms with van der Waals surface area (Å²) in [5.74, 6) is -4.38. The molecule has 5 rings (SSSR count). The van der Waals surface area contributed by atoms with E-state index in [1.54, 1.807) is 18.3 Å². The molecular weight excluding hydrogens is 552 g/mol. The molecule has 1 aliphatic heterocycles. The molecule has 3 heterocycles. The van der Waals surface area contributed by atoms with E-state index in [2.05, 4.69) is 15.3 Å².